The van der Waals surface area contributed by atoms with Gasteiger partial charge in [-0.25, -0.2) is 0 Å². The van der Waals surface area contributed by atoms with Crippen molar-refractivity contribution in [3.63, 3.8) is 0 Å². The van der Waals surface area contributed by atoms with E-state index in [1.54, 1.807) is 0 Å². The van der Waals surface area contributed by atoms with E-state index in [4.69, 9.17) is 0 Å². The van der Waals surface area contributed by atoms with Gasteiger partial charge in [-0.3, -0.25) is 0 Å². The minimum Gasteiger partial charge on any atom is -0.309 e. The Labute approximate surface area is 367 Å². The molecule has 18 rings (SSSR count). The highest BCUT2D eigenvalue weighted by Gasteiger charge is 2.47. The summed E-state index contributed by atoms with van der Waals surface area (Å²) in [6.07, 6.45) is 12.6. The summed E-state index contributed by atoms with van der Waals surface area (Å²) in [6.45, 7) is 4.83. The zero-order valence-corrected chi connectivity index (χ0v) is 36.1. The van der Waals surface area contributed by atoms with Gasteiger partial charge in [-0.2, -0.15) is 10.5 Å². The lowest BCUT2D eigenvalue weighted by molar-refractivity contribution is 0.166. The van der Waals surface area contributed by atoms with Crippen LogP contribution < -0.4 is 0 Å². The molecule has 8 bridgehead atoms. The summed E-state index contributed by atoms with van der Waals surface area (Å²) < 4.78 is 5.21. The fourth-order valence-electron chi connectivity index (χ4n) is 17.1. The first-order valence-electron chi connectivity index (χ1n) is 24.2. The molecule has 0 amide bonds. The molecule has 4 fully saturated rings. The Hall–Kier alpha value is -6.10. The Bertz CT molecular complexity index is 3670. The number of fused-ring (bicyclic) bond motifs is 13. The van der Waals surface area contributed by atoms with E-state index in [0.29, 0.717) is 23.7 Å². The molecule has 0 N–H and O–H groups in total. The van der Waals surface area contributed by atoms with E-state index in [1.807, 2.05) is 0 Å². The van der Waals surface area contributed by atoms with Gasteiger partial charge in [0.05, 0.1) is 50.8 Å². The van der Waals surface area contributed by atoms with E-state index in [2.05, 4.69) is 120 Å². The molecule has 63 heavy (non-hydrogen) atoms. The quantitative estimate of drug-likeness (QED) is 0.166. The molecule has 0 spiro atoms. The highest BCUT2D eigenvalue weighted by Crippen LogP contribution is 2.63. The Morgan fingerprint density at radius 2 is 1.03 bits per heavy atom. The summed E-state index contributed by atoms with van der Waals surface area (Å²) in [6, 6.07) is 38.2. The van der Waals surface area contributed by atoms with Gasteiger partial charge in [-0.15, -0.1) is 0 Å². The standard InChI is InChI=1S/C59H48N4/c1-59(2)45-11-7-6-10-40(45)41-26-47-42(25-46(41)59)43-24-44-54-48(22-37(27-60)50-33-14-29-12-30(15-33)19-35(18-29)52(50)54)63-49-23-38(28-61)51-34-16-31-13-32(17-34)21-36(20-31)53(51)55(49)56(58(44)63)57(43)62(47)39-8-4-3-5-9-39/h3-11,22-26,29-36H,12-21H2,1-2H3. The largest absolute Gasteiger partial charge is 0.309 e. The minimum absolute atomic E-state index is 0.127. The smallest absolute Gasteiger partial charge is 0.0995 e. The van der Waals surface area contributed by atoms with Crippen molar-refractivity contribution >= 4 is 59.9 Å². The predicted octanol–water partition coefficient (Wildman–Crippen LogP) is 14.8. The normalized spacial score (nSPS) is 27.9. The lowest BCUT2D eigenvalue weighted by Crippen LogP contribution is -2.25. The molecule has 9 aliphatic rings. The van der Waals surface area contributed by atoms with Gasteiger partial charge in [0, 0.05) is 43.4 Å². The Balaban J connectivity index is 1.17. The van der Waals surface area contributed by atoms with Crippen molar-refractivity contribution in [2.45, 2.75) is 107 Å². The first-order valence-corrected chi connectivity index (χ1v) is 24.2. The van der Waals surface area contributed by atoms with E-state index in [0.717, 1.165) is 34.8 Å². The molecule has 9 aliphatic carbocycles. The van der Waals surface area contributed by atoms with Gasteiger partial charge < -0.3 is 8.97 Å². The van der Waals surface area contributed by atoms with E-state index >= 15 is 0 Å². The lowest BCUT2D eigenvalue weighted by atomic mass is 9.67. The Morgan fingerprint density at radius 1 is 0.476 bits per heavy atom. The average Bonchev–Trinajstić information content (AvgIpc) is 3.89. The molecule has 4 unspecified atom stereocenters. The molecule has 9 aromatic rings. The van der Waals surface area contributed by atoms with Crippen LogP contribution in [0.1, 0.15) is 146 Å². The van der Waals surface area contributed by atoms with Crippen LogP contribution in [0.4, 0.5) is 0 Å². The fraction of sp³-hybridized carbons (Fsp3) is 0.356. The topological polar surface area (TPSA) is 56.9 Å². The molecule has 4 atom stereocenters. The summed E-state index contributed by atoms with van der Waals surface area (Å²) in [7, 11) is 0. The molecule has 304 valence electrons. The zero-order chi connectivity index (χ0) is 41.4. The second-order valence-electron chi connectivity index (χ2n) is 22.3. The van der Waals surface area contributed by atoms with Crippen molar-refractivity contribution in [3.8, 4) is 29.0 Å². The van der Waals surface area contributed by atoms with Gasteiger partial charge in [0.1, 0.15) is 0 Å². The number of nitrogens with zero attached hydrogens (tertiary/aromatic N) is 4. The maximum Gasteiger partial charge on any atom is 0.0995 e. The fourth-order valence-corrected chi connectivity index (χ4v) is 17.1. The van der Waals surface area contributed by atoms with Crippen LogP contribution in [-0.2, 0) is 5.41 Å². The van der Waals surface area contributed by atoms with Gasteiger partial charge in [0.15, 0.2) is 0 Å². The predicted molar refractivity (Wildman–Crippen MR) is 254 cm³/mol. The number of para-hydroxylation sites is 1. The van der Waals surface area contributed by atoms with Crippen LogP contribution in [0.5, 0.6) is 0 Å². The van der Waals surface area contributed by atoms with Crippen LogP contribution in [0, 0.1) is 46.3 Å². The maximum atomic E-state index is 11.2. The van der Waals surface area contributed by atoms with Gasteiger partial charge in [0.2, 0.25) is 0 Å². The molecule has 0 radical (unpaired) electrons. The van der Waals surface area contributed by atoms with E-state index in [1.165, 1.54) is 174 Å². The molecular weight excluding hydrogens is 765 g/mol. The molecule has 6 aromatic carbocycles. The third kappa shape index (κ3) is 4.02. The second kappa shape index (κ2) is 11.3. The number of aromatic nitrogens is 2. The molecule has 4 heteroatoms. The number of hydrogen-bond acceptors (Lipinski definition) is 2. The monoisotopic (exact) mass is 812 g/mol. The summed E-state index contributed by atoms with van der Waals surface area (Å²) in [5.41, 5.74) is 20.4. The van der Waals surface area contributed by atoms with Crippen molar-refractivity contribution in [2.24, 2.45) is 23.7 Å². The average molecular weight is 813 g/mol. The van der Waals surface area contributed by atoms with Crippen molar-refractivity contribution in [3.05, 3.63) is 129 Å². The first kappa shape index (κ1) is 34.4. The first-order chi connectivity index (χ1) is 30.9. The molecular formula is C59H48N4. The molecule has 4 saturated carbocycles. The third-order valence-electron chi connectivity index (χ3n) is 18.9. The van der Waals surface area contributed by atoms with Crippen LogP contribution in [0.3, 0.4) is 0 Å². The minimum atomic E-state index is -0.127. The summed E-state index contributed by atoms with van der Waals surface area (Å²) in [4.78, 5) is 0. The second-order valence-corrected chi connectivity index (χ2v) is 22.3. The molecule has 4 nitrogen and oxygen atoms in total. The SMILES string of the molecule is CC1(C)c2ccccc2-c2cc3c(cc21)c1cc2c4c5c(c(C#N)cc4n4c6cc(C#N)c7c(c6c(c1n3-c1ccccc1)c24)C1CC2CC(CC7C2)C1)C1CC2CC(C1)CC5C2. The van der Waals surface area contributed by atoms with Gasteiger partial charge in [0.25, 0.3) is 0 Å². The van der Waals surface area contributed by atoms with Crippen LogP contribution in [0.2, 0.25) is 0 Å². The van der Waals surface area contributed by atoms with Crippen LogP contribution in [0.15, 0.2) is 84.9 Å². The number of hydrogen-bond donors (Lipinski definition) is 0. The van der Waals surface area contributed by atoms with Crippen LogP contribution >= 0.6 is 0 Å². The van der Waals surface area contributed by atoms with Crippen molar-refractivity contribution in [2.75, 3.05) is 0 Å². The van der Waals surface area contributed by atoms with Crippen molar-refractivity contribution in [1.29, 1.82) is 10.5 Å². The molecule has 3 aromatic heterocycles. The summed E-state index contributed by atoms with van der Waals surface area (Å²) >= 11 is 0. The van der Waals surface area contributed by atoms with Gasteiger partial charge in [-0.05, 0) is 199 Å². The van der Waals surface area contributed by atoms with Gasteiger partial charge in [-0.1, -0.05) is 56.3 Å². The number of benzene rings is 6. The Kier molecular flexibility index (Phi) is 6.19. The van der Waals surface area contributed by atoms with Crippen LogP contribution in [-0.4, -0.2) is 8.97 Å². The maximum absolute atomic E-state index is 11.2. The van der Waals surface area contributed by atoms with E-state index in [9.17, 15) is 10.5 Å². The van der Waals surface area contributed by atoms with Crippen molar-refractivity contribution in [1.82, 2.24) is 8.97 Å². The number of rotatable bonds is 1. The highest BCUT2D eigenvalue weighted by atomic mass is 15.0. The molecule has 0 aliphatic heterocycles. The lowest BCUT2D eigenvalue weighted by Gasteiger charge is -2.38. The van der Waals surface area contributed by atoms with E-state index in [-0.39, 0.29) is 5.41 Å². The summed E-state index contributed by atoms with van der Waals surface area (Å²) in [5.74, 6) is 4.82. The zero-order valence-electron chi connectivity index (χ0n) is 36.1. The molecule has 0 saturated heterocycles. The van der Waals surface area contributed by atoms with Crippen LogP contribution in [0.25, 0.3) is 76.7 Å². The van der Waals surface area contributed by atoms with Gasteiger partial charge >= 0.3 is 0 Å². The number of nitriles is 2. The highest BCUT2D eigenvalue weighted by molar-refractivity contribution is 6.35. The summed E-state index contributed by atoms with van der Waals surface area (Å²) in [5, 5.41) is 30.6. The van der Waals surface area contributed by atoms with E-state index < -0.39 is 0 Å². The van der Waals surface area contributed by atoms with Crippen molar-refractivity contribution < 1.29 is 0 Å². The third-order valence-corrected chi connectivity index (χ3v) is 18.9. The molecule has 3 heterocycles. The Morgan fingerprint density at radius 3 is 1.65 bits per heavy atom.